The van der Waals surface area contributed by atoms with E-state index >= 15 is 0 Å². The first-order valence-electron chi connectivity index (χ1n) is 6.04. The number of benzene rings is 1. The van der Waals surface area contributed by atoms with Crippen molar-refractivity contribution in [3.63, 3.8) is 0 Å². The smallest absolute Gasteiger partial charge is 0.265 e. The predicted octanol–water partition coefficient (Wildman–Crippen LogP) is 3.23. The van der Waals surface area contributed by atoms with E-state index in [0.717, 1.165) is 11.4 Å². The summed E-state index contributed by atoms with van der Waals surface area (Å²) < 4.78 is 6.07. The maximum absolute atomic E-state index is 11.8. The summed E-state index contributed by atoms with van der Waals surface area (Å²) in [6.45, 7) is 4.23. The molecule has 0 unspecified atom stereocenters. The van der Waals surface area contributed by atoms with E-state index < -0.39 is 0 Å². The van der Waals surface area contributed by atoms with Crippen LogP contribution in [0.15, 0.2) is 39.6 Å². The molecule has 0 spiro atoms. The molecule has 5 heteroatoms. The number of hydrogen-bond acceptors (Lipinski definition) is 3. The molecule has 0 bridgehead atoms. The van der Waals surface area contributed by atoms with Gasteiger partial charge < -0.3 is 9.72 Å². The van der Waals surface area contributed by atoms with Crippen LogP contribution in [0.4, 0.5) is 0 Å². The minimum absolute atomic E-state index is 0.173. The van der Waals surface area contributed by atoms with Crippen LogP contribution in [0.25, 0.3) is 0 Å². The molecule has 0 aliphatic rings. The maximum Gasteiger partial charge on any atom is 0.265 e. The summed E-state index contributed by atoms with van der Waals surface area (Å²) in [5, 5.41) is 0. The predicted molar refractivity (Wildman–Crippen MR) is 77.4 cm³/mol. The third-order valence-electron chi connectivity index (χ3n) is 2.60. The Balaban J connectivity index is 2.20. The van der Waals surface area contributed by atoms with Crippen molar-refractivity contribution in [1.29, 1.82) is 0 Å². The summed E-state index contributed by atoms with van der Waals surface area (Å²) in [6.07, 6.45) is 0. The summed E-state index contributed by atoms with van der Waals surface area (Å²) in [5.41, 5.74) is 0.570. The van der Waals surface area contributed by atoms with Crippen molar-refractivity contribution < 1.29 is 4.74 Å². The van der Waals surface area contributed by atoms with Gasteiger partial charge in [-0.2, -0.15) is 0 Å². The molecule has 1 heterocycles. The van der Waals surface area contributed by atoms with Gasteiger partial charge in [0.05, 0.1) is 5.69 Å². The molecule has 0 radical (unpaired) electrons. The van der Waals surface area contributed by atoms with Gasteiger partial charge in [0.25, 0.3) is 5.56 Å². The van der Waals surface area contributed by atoms with Crippen LogP contribution < -0.4 is 10.3 Å². The van der Waals surface area contributed by atoms with Crippen molar-refractivity contribution in [2.24, 2.45) is 0 Å². The Labute approximate surface area is 120 Å². The van der Waals surface area contributed by atoms with E-state index in [0.29, 0.717) is 10.3 Å². The van der Waals surface area contributed by atoms with Crippen molar-refractivity contribution in [2.45, 2.75) is 26.4 Å². The summed E-state index contributed by atoms with van der Waals surface area (Å²) in [4.78, 5) is 18.9. The van der Waals surface area contributed by atoms with Crippen LogP contribution in [0, 0.1) is 0 Å². The van der Waals surface area contributed by atoms with Gasteiger partial charge in [-0.25, -0.2) is 4.98 Å². The van der Waals surface area contributed by atoms with Gasteiger partial charge in [-0.05, 0) is 34.0 Å². The highest BCUT2D eigenvalue weighted by Gasteiger charge is 2.12. The topological polar surface area (TPSA) is 55.0 Å². The van der Waals surface area contributed by atoms with Gasteiger partial charge >= 0.3 is 0 Å². The highest BCUT2D eigenvalue weighted by Crippen LogP contribution is 2.19. The molecule has 0 aliphatic carbocycles. The van der Waals surface area contributed by atoms with Crippen molar-refractivity contribution in [3.05, 3.63) is 56.7 Å². The fourth-order valence-electron chi connectivity index (χ4n) is 1.64. The molecule has 0 aliphatic heterocycles. The van der Waals surface area contributed by atoms with Crippen molar-refractivity contribution in [3.8, 4) is 5.75 Å². The highest BCUT2D eigenvalue weighted by molar-refractivity contribution is 9.10. The van der Waals surface area contributed by atoms with Crippen molar-refractivity contribution in [2.75, 3.05) is 0 Å². The number of para-hydroxylation sites is 1. The Kier molecular flexibility index (Phi) is 4.37. The third-order valence-corrected chi connectivity index (χ3v) is 3.37. The number of nitrogens with one attached hydrogen (secondary N) is 1. The standard InChI is InChI=1S/C14H15BrN2O2/c1-9(2)13-12(15)14(18)17-11(16-13)8-19-10-6-4-3-5-7-10/h3-7,9H,8H2,1-2H3,(H,16,17,18). The number of halogens is 1. The molecule has 100 valence electrons. The number of nitrogens with zero attached hydrogens (tertiary/aromatic N) is 1. The Hall–Kier alpha value is -1.62. The van der Waals surface area contributed by atoms with Crippen LogP contribution in [0.3, 0.4) is 0 Å². The maximum atomic E-state index is 11.8. The molecule has 1 aromatic carbocycles. The fourth-order valence-corrected chi connectivity index (χ4v) is 2.29. The number of aromatic amines is 1. The van der Waals surface area contributed by atoms with Crippen LogP contribution in [0.2, 0.25) is 0 Å². The second-order valence-corrected chi connectivity index (χ2v) is 5.26. The molecule has 0 atom stereocenters. The highest BCUT2D eigenvalue weighted by atomic mass is 79.9. The molecule has 0 fully saturated rings. The lowest BCUT2D eigenvalue weighted by molar-refractivity contribution is 0.294. The van der Waals surface area contributed by atoms with E-state index in [-0.39, 0.29) is 18.1 Å². The van der Waals surface area contributed by atoms with E-state index in [1.54, 1.807) is 0 Å². The Morgan fingerprint density at radius 1 is 1.32 bits per heavy atom. The molecule has 1 N–H and O–H groups in total. The lowest BCUT2D eigenvalue weighted by atomic mass is 10.1. The van der Waals surface area contributed by atoms with Gasteiger partial charge in [0.1, 0.15) is 22.7 Å². The van der Waals surface area contributed by atoms with Gasteiger partial charge in [-0.3, -0.25) is 4.79 Å². The molecule has 19 heavy (non-hydrogen) atoms. The minimum Gasteiger partial charge on any atom is -0.486 e. The summed E-state index contributed by atoms with van der Waals surface area (Å²) >= 11 is 3.26. The van der Waals surface area contributed by atoms with E-state index in [4.69, 9.17) is 4.74 Å². The summed E-state index contributed by atoms with van der Waals surface area (Å²) in [7, 11) is 0. The zero-order valence-corrected chi connectivity index (χ0v) is 12.4. The van der Waals surface area contributed by atoms with Crippen molar-refractivity contribution in [1.82, 2.24) is 9.97 Å². The van der Waals surface area contributed by atoms with Crippen molar-refractivity contribution >= 4 is 15.9 Å². The molecular formula is C14H15BrN2O2. The van der Waals surface area contributed by atoms with Crippen LogP contribution in [-0.4, -0.2) is 9.97 Å². The Morgan fingerprint density at radius 3 is 2.63 bits per heavy atom. The summed E-state index contributed by atoms with van der Waals surface area (Å²) in [5.74, 6) is 1.45. The quantitative estimate of drug-likeness (QED) is 0.940. The zero-order chi connectivity index (χ0) is 13.8. The average Bonchev–Trinajstić information content (AvgIpc) is 2.41. The first-order chi connectivity index (χ1) is 9.08. The normalized spacial score (nSPS) is 10.7. The third kappa shape index (κ3) is 3.44. The number of H-pyrrole nitrogens is 1. The number of rotatable bonds is 4. The van der Waals surface area contributed by atoms with E-state index in [1.165, 1.54) is 0 Å². The molecule has 2 rings (SSSR count). The minimum atomic E-state index is -0.176. The second kappa shape index (κ2) is 6.02. The summed E-state index contributed by atoms with van der Waals surface area (Å²) in [6, 6.07) is 9.43. The Bertz CT molecular complexity index is 609. The lowest BCUT2D eigenvalue weighted by Crippen LogP contribution is -2.17. The first-order valence-corrected chi connectivity index (χ1v) is 6.83. The van der Waals surface area contributed by atoms with Gasteiger partial charge in [0.2, 0.25) is 0 Å². The lowest BCUT2D eigenvalue weighted by Gasteiger charge is -2.10. The van der Waals surface area contributed by atoms with Crippen LogP contribution in [0.5, 0.6) is 5.75 Å². The second-order valence-electron chi connectivity index (χ2n) is 4.47. The molecule has 0 saturated heterocycles. The van der Waals surface area contributed by atoms with Gasteiger partial charge in [0.15, 0.2) is 0 Å². The van der Waals surface area contributed by atoms with Crippen LogP contribution >= 0.6 is 15.9 Å². The zero-order valence-electron chi connectivity index (χ0n) is 10.8. The van der Waals surface area contributed by atoms with Gasteiger partial charge in [0, 0.05) is 0 Å². The fraction of sp³-hybridized carbons (Fsp3) is 0.286. The molecule has 0 saturated carbocycles. The van der Waals surface area contributed by atoms with Crippen LogP contribution in [-0.2, 0) is 6.61 Å². The Morgan fingerprint density at radius 2 is 2.00 bits per heavy atom. The van der Waals surface area contributed by atoms with Gasteiger partial charge in [-0.15, -0.1) is 0 Å². The average molecular weight is 323 g/mol. The molecule has 1 aromatic heterocycles. The molecule has 0 amide bonds. The van der Waals surface area contributed by atoms with E-state index in [2.05, 4.69) is 25.9 Å². The monoisotopic (exact) mass is 322 g/mol. The first kappa shape index (κ1) is 13.8. The SMILES string of the molecule is CC(C)c1nc(COc2ccccc2)[nH]c(=O)c1Br. The molecule has 4 nitrogen and oxygen atoms in total. The number of ether oxygens (including phenoxy) is 1. The van der Waals surface area contributed by atoms with E-state index in [9.17, 15) is 4.79 Å². The number of hydrogen-bond donors (Lipinski definition) is 1. The molecule has 2 aromatic rings. The van der Waals surface area contributed by atoms with Crippen LogP contribution in [0.1, 0.15) is 31.3 Å². The molecular weight excluding hydrogens is 308 g/mol. The van der Waals surface area contributed by atoms with E-state index in [1.807, 2.05) is 44.2 Å². The number of aromatic nitrogens is 2. The van der Waals surface area contributed by atoms with Gasteiger partial charge in [-0.1, -0.05) is 32.0 Å². The largest absolute Gasteiger partial charge is 0.486 e.